The Balaban J connectivity index is 1.85. The standard InChI is InChI=1S/C23H27FN2O5/c1-4-5-21(27)25-18-12-16(13-19(29-2)22(18)30-3)23(28)26-10-11-31-20(14-26)15-6-8-17(24)9-7-15/h6-9,12-13,20H,4-5,10-11,14H2,1-3H3,(H,25,27). The maximum absolute atomic E-state index is 13.3. The first-order valence-corrected chi connectivity index (χ1v) is 10.2. The number of nitrogens with zero attached hydrogens (tertiary/aromatic N) is 1. The third-order valence-electron chi connectivity index (χ3n) is 5.07. The third kappa shape index (κ3) is 5.32. The summed E-state index contributed by atoms with van der Waals surface area (Å²) in [6.45, 7) is 3.02. The van der Waals surface area contributed by atoms with E-state index in [4.69, 9.17) is 14.2 Å². The molecule has 0 aliphatic carbocycles. The number of nitrogens with one attached hydrogen (secondary N) is 1. The normalized spacial score (nSPS) is 16.0. The highest BCUT2D eigenvalue weighted by molar-refractivity contribution is 5.99. The lowest BCUT2D eigenvalue weighted by Crippen LogP contribution is -2.42. The van der Waals surface area contributed by atoms with Gasteiger partial charge in [0.15, 0.2) is 11.5 Å². The van der Waals surface area contributed by atoms with Crippen molar-refractivity contribution in [3.05, 3.63) is 53.3 Å². The summed E-state index contributed by atoms with van der Waals surface area (Å²) in [7, 11) is 2.95. The molecule has 7 nitrogen and oxygen atoms in total. The van der Waals surface area contributed by atoms with Gasteiger partial charge in [-0.15, -0.1) is 0 Å². The van der Waals surface area contributed by atoms with Crippen LogP contribution in [0.5, 0.6) is 11.5 Å². The molecule has 31 heavy (non-hydrogen) atoms. The molecule has 1 heterocycles. The third-order valence-corrected chi connectivity index (χ3v) is 5.07. The second-order valence-corrected chi connectivity index (χ2v) is 7.22. The van der Waals surface area contributed by atoms with E-state index in [0.29, 0.717) is 55.3 Å². The molecule has 1 unspecified atom stereocenters. The molecule has 2 amide bonds. The van der Waals surface area contributed by atoms with Gasteiger partial charge in [0.05, 0.1) is 33.1 Å². The van der Waals surface area contributed by atoms with Crippen LogP contribution in [-0.4, -0.2) is 50.6 Å². The van der Waals surface area contributed by atoms with Gasteiger partial charge in [-0.1, -0.05) is 19.1 Å². The number of amides is 2. The van der Waals surface area contributed by atoms with Gasteiger partial charge in [0.25, 0.3) is 5.91 Å². The van der Waals surface area contributed by atoms with Gasteiger partial charge in [-0.2, -0.15) is 0 Å². The first-order valence-electron chi connectivity index (χ1n) is 10.2. The molecule has 1 saturated heterocycles. The van der Waals surface area contributed by atoms with Gasteiger partial charge in [0.2, 0.25) is 5.91 Å². The van der Waals surface area contributed by atoms with Crippen molar-refractivity contribution >= 4 is 17.5 Å². The first-order chi connectivity index (χ1) is 15.0. The van der Waals surface area contributed by atoms with Crippen molar-refractivity contribution in [1.82, 2.24) is 4.90 Å². The van der Waals surface area contributed by atoms with Crippen LogP contribution < -0.4 is 14.8 Å². The number of benzene rings is 2. The monoisotopic (exact) mass is 430 g/mol. The number of rotatable bonds is 7. The summed E-state index contributed by atoms with van der Waals surface area (Å²) >= 11 is 0. The highest BCUT2D eigenvalue weighted by Crippen LogP contribution is 2.37. The summed E-state index contributed by atoms with van der Waals surface area (Å²) < 4.78 is 29.8. The second-order valence-electron chi connectivity index (χ2n) is 7.22. The van der Waals surface area contributed by atoms with E-state index in [2.05, 4.69) is 5.32 Å². The van der Waals surface area contributed by atoms with E-state index < -0.39 is 0 Å². The number of halogens is 1. The van der Waals surface area contributed by atoms with Crippen LogP contribution in [0.25, 0.3) is 0 Å². The molecule has 2 aromatic rings. The van der Waals surface area contributed by atoms with E-state index in [-0.39, 0.29) is 23.7 Å². The topological polar surface area (TPSA) is 77.1 Å². The number of anilines is 1. The molecular formula is C23H27FN2O5. The van der Waals surface area contributed by atoms with E-state index in [1.165, 1.54) is 26.4 Å². The molecule has 0 radical (unpaired) electrons. The number of hydrogen-bond donors (Lipinski definition) is 1. The van der Waals surface area contributed by atoms with Crippen molar-refractivity contribution in [2.75, 3.05) is 39.2 Å². The van der Waals surface area contributed by atoms with Crippen molar-refractivity contribution in [3.63, 3.8) is 0 Å². The Labute approximate surface area is 181 Å². The molecule has 1 aliphatic heterocycles. The summed E-state index contributed by atoms with van der Waals surface area (Å²) in [5, 5.41) is 2.80. The van der Waals surface area contributed by atoms with Crippen molar-refractivity contribution in [3.8, 4) is 11.5 Å². The lowest BCUT2D eigenvalue weighted by molar-refractivity contribution is -0.116. The van der Waals surface area contributed by atoms with E-state index in [1.807, 2.05) is 6.92 Å². The average Bonchev–Trinajstić information content (AvgIpc) is 2.78. The largest absolute Gasteiger partial charge is 0.493 e. The molecular weight excluding hydrogens is 403 g/mol. The number of methoxy groups -OCH3 is 2. The summed E-state index contributed by atoms with van der Waals surface area (Å²) in [6, 6.07) is 9.26. The van der Waals surface area contributed by atoms with Gasteiger partial charge < -0.3 is 24.4 Å². The summed E-state index contributed by atoms with van der Waals surface area (Å²) in [4.78, 5) is 27.1. The van der Waals surface area contributed by atoms with Gasteiger partial charge >= 0.3 is 0 Å². The van der Waals surface area contributed by atoms with E-state index >= 15 is 0 Å². The molecule has 1 N–H and O–H groups in total. The Morgan fingerprint density at radius 2 is 1.94 bits per heavy atom. The van der Waals surface area contributed by atoms with Crippen LogP contribution in [-0.2, 0) is 9.53 Å². The second kappa shape index (κ2) is 10.3. The molecule has 8 heteroatoms. The van der Waals surface area contributed by atoms with Gasteiger partial charge in [-0.3, -0.25) is 9.59 Å². The number of hydrogen-bond acceptors (Lipinski definition) is 5. The minimum Gasteiger partial charge on any atom is -0.493 e. The van der Waals surface area contributed by atoms with Gasteiger partial charge in [-0.25, -0.2) is 4.39 Å². The summed E-state index contributed by atoms with van der Waals surface area (Å²) in [6.07, 6.45) is 0.705. The van der Waals surface area contributed by atoms with Crippen LogP contribution in [0.1, 0.15) is 41.8 Å². The molecule has 0 spiro atoms. The number of morpholine rings is 1. The lowest BCUT2D eigenvalue weighted by Gasteiger charge is -2.33. The lowest BCUT2D eigenvalue weighted by atomic mass is 10.1. The average molecular weight is 430 g/mol. The van der Waals surface area contributed by atoms with Gasteiger partial charge in [-0.05, 0) is 36.2 Å². The van der Waals surface area contributed by atoms with Crippen LogP contribution in [0, 0.1) is 5.82 Å². The molecule has 0 aromatic heterocycles. The molecule has 0 saturated carbocycles. The Morgan fingerprint density at radius 1 is 1.19 bits per heavy atom. The maximum Gasteiger partial charge on any atom is 0.254 e. The van der Waals surface area contributed by atoms with E-state index in [0.717, 1.165) is 5.56 Å². The van der Waals surface area contributed by atoms with Crippen molar-refractivity contribution < 1.29 is 28.2 Å². The van der Waals surface area contributed by atoms with Gasteiger partial charge in [0.1, 0.15) is 11.9 Å². The van der Waals surface area contributed by atoms with Gasteiger partial charge in [0, 0.05) is 18.5 Å². The number of ether oxygens (including phenoxy) is 3. The highest BCUT2D eigenvalue weighted by Gasteiger charge is 2.28. The summed E-state index contributed by atoms with van der Waals surface area (Å²) in [5.74, 6) is -0.00816. The van der Waals surface area contributed by atoms with Crippen LogP contribution in [0.2, 0.25) is 0 Å². The molecule has 166 valence electrons. The fourth-order valence-corrected chi connectivity index (χ4v) is 3.52. The Bertz CT molecular complexity index is 932. The number of carbonyl (C=O) groups is 2. The smallest absolute Gasteiger partial charge is 0.254 e. The van der Waals surface area contributed by atoms with E-state index in [9.17, 15) is 14.0 Å². The zero-order valence-corrected chi connectivity index (χ0v) is 17.9. The Morgan fingerprint density at radius 3 is 2.58 bits per heavy atom. The first kappa shape index (κ1) is 22.6. The number of carbonyl (C=O) groups excluding carboxylic acids is 2. The minimum atomic E-state index is -0.345. The molecule has 2 aromatic carbocycles. The maximum atomic E-state index is 13.3. The molecule has 1 atom stereocenters. The van der Waals surface area contributed by atoms with Crippen LogP contribution >= 0.6 is 0 Å². The van der Waals surface area contributed by atoms with Crippen molar-refractivity contribution in [2.24, 2.45) is 0 Å². The predicted molar refractivity (Wildman–Crippen MR) is 114 cm³/mol. The van der Waals surface area contributed by atoms with Crippen LogP contribution in [0.3, 0.4) is 0 Å². The zero-order valence-electron chi connectivity index (χ0n) is 17.9. The summed E-state index contributed by atoms with van der Waals surface area (Å²) in [5.41, 5.74) is 1.55. The molecule has 3 rings (SSSR count). The zero-order chi connectivity index (χ0) is 22.4. The van der Waals surface area contributed by atoms with Crippen molar-refractivity contribution in [1.29, 1.82) is 0 Å². The fraction of sp³-hybridized carbons (Fsp3) is 0.391. The Kier molecular flexibility index (Phi) is 7.46. The predicted octanol–water partition coefficient (Wildman–Crippen LogP) is 3.80. The quantitative estimate of drug-likeness (QED) is 0.723. The van der Waals surface area contributed by atoms with Crippen molar-refractivity contribution in [2.45, 2.75) is 25.9 Å². The van der Waals surface area contributed by atoms with E-state index in [1.54, 1.807) is 29.2 Å². The highest BCUT2D eigenvalue weighted by atomic mass is 19.1. The fourth-order valence-electron chi connectivity index (χ4n) is 3.52. The molecule has 0 bridgehead atoms. The SMILES string of the molecule is CCCC(=O)Nc1cc(C(=O)N2CCOC(c3ccc(F)cc3)C2)cc(OC)c1OC. The van der Waals surface area contributed by atoms with Crippen LogP contribution in [0.15, 0.2) is 36.4 Å². The Hall–Kier alpha value is -3.13. The van der Waals surface area contributed by atoms with Crippen LogP contribution in [0.4, 0.5) is 10.1 Å². The minimum absolute atomic E-state index is 0.171. The molecule has 1 aliphatic rings. The molecule has 1 fully saturated rings.